The van der Waals surface area contributed by atoms with Crippen molar-refractivity contribution < 1.29 is 23.5 Å². The molecule has 0 saturated carbocycles. The van der Waals surface area contributed by atoms with Crippen LogP contribution in [-0.4, -0.2) is 23.5 Å². The van der Waals surface area contributed by atoms with Gasteiger partial charge in [0, 0.05) is 5.69 Å². The first kappa shape index (κ1) is 18.5. The van der Waals surface area contributed by atoms with Gasteiger partial charge in [0.15, 0.2) is 0 Å². The Morgan fingerprint density at radius 3 is 2.32 bits per heavy atom. The molecule has 0 radical (unpaired) electrons. The molecule has 2 amide bonds. The van der Waals surface area contributed by atoms with E-state index in [1.807, 2.05) is 0 Å². The Labute approximate surface area is 143 Å². The molecule has 5 nitrogen and oxygen atoms in total. The molecule has 3 N–H and O–H groups in total. The maximum absolute atomic E-state index is 13.4. The normalized spacial score (nSPS) is 13.0. The first-order valence-electron chi connectivity index (χ1n) is 7.53. The van der Waals surface area contributed by atoms with Crippen molar-refractivity contribution in [2.45, 2.75) is 19.4 Å². The van der Waals surface area contributed by atoms with E-state index < -0.39 is 29.0 Å². The topological polar surface area (TPSA) is 78.4 Å². The number of carbonyl (C=O) groups excluding carboxylic acids is 2. The van der Waals surface area contributed by atoms with Crippen molar-refractivity contribution in [3.63, 3.8) is 0 Å². The average Bonchev–Trinajstić information content (AvgIpc) is 2.56. The summed E-state index contributed by atoms with van der Waals surface area (Å²) in [4.78, 5) is 23.7. The molecular weight excluding hydrogens is 330 g/mol. The Morgan fingerprint density at radius 1 is 1.08 bits per heavy atom. The van der Waals surface area contributed by atoms with Gasteiger partial charge in [-0.25, -0.2) is 8.78 Å². The number of aliphatic hydroxyl groups is 1. The van der Waals surface area contributed by atoms with Gasteiger partial charge in [0.05, 0.1) is 6.54 Å². The number of hydrogen-bond donors (Lipinski definition) is 3. The van der Waals surface area contributed by atoms with Crippen LogP contribution in [0.2, 0.25) is 0 Å². The fraction of sp³-hybridized carbons (Fsp3) is 0.222. The molecule has 0 spiro atoms. The van der Waals surface area contributed by atoms with Crippen molar-refractivity contribution in [2.24, 2.45) is 0 Å². The summed E-state index contributed by atoms with van der Waals surface area (Å²) in [5.74, 6) is -2.92. The number of hydrogen-bond acceptors (Lipinski definition) is 3. The van der Waals surface area contributed by atoms with E-state index in [0.717, 1.165) is 6.07 Å². The van der Waals surface area contributed by atoms with E-state index in [1.54, 1.807) is 6.92 Å². The summed E-state index contributed by atoms with van der Waals surface area (Å²) in [5, 5.41) is 14.9. The Morgan fingerprint density at radius 2 is 1.72 bits per heavy atom. The number of rotatable bonds is 4. The molecular formula is C18H18F2N2O3. The van der Waals surface area contributed by atoms with Gasteiger partial charge in [-0.1, -0.05) is 18.2 Å². The predicted molar refractivity (Wildman–Crippen MR) is 88.7 cm³/mol. The second kappa shape index (κ2) is 7.40. The van der Waals surface area contributed by atoms with Crippen molar-refractivity contribution in [1.82, 2.24) is 5.32 Å². The number of aryl methyl sites for hydroxylation is 1. The van der Waals surface area contributed by atoms with Gasteiger partial charge >= 0.3 is 11.8 Å². The van der Waals surface area contributed by atoms with Crippen LogP contribution in [0.25, 0.3) is 0 Å². The number of amides is 2. The van der Waals surface area contributed by atoms with E-state index in [2.05, 4.69) is 10.6 Å². The van der Waals surface area contributed by atoms with Gasteiger partial charge in [-0.2, -0.15) is 0 Å². The minimum atomic E-state index is -1.49. The fourth-order valence-corrected chi connectivity index (χ4v) is 2.10. The first-order chi connectivity index (χ1) is 11.7. The lowest BCUT2D eigenvalue weighted by Gasteiger charge is -2.24. The Hall–Kier alpha value is -2.80. The molecule has 0 aromatic heterocycles. The van der Waals surface area contributed by atoms with Gasteiger partial charge in [0.25, 0.3) is 0 Å². The SMILES string of the molecule is Cc1ccc(NC(=O)C(=O)NCC(C)(O)c2ccc(F)cc2)cc1F. The molecule has 0 aliphatic rings. The van der Waals surface area contributed by atoms with E-state index in [1.165, 1.54) is 43.3 Å². The molecule has 2 aromatic carbocycles. The van der Waals surface area contributed by atoms with Crippen LogP contribution in [0.4, 0.5) is 14.5 Å². The molecule has 0 bridgehead atoms. The number of nitrogens with one attached hydrogen (secondary N) is 2. The highest BCUT2D eigenvalue weighted by Crippen LogP contribution is 2.20. The molecule has 0 heterocycles. The molecule has 0 fully saturated rings. The summed E-state index contributed by atoms with van der Waals surface area (Å²) < 4.78 is 26.4. The third-order valence-corrected chi connectivity index (χ3v) is 3.70. The van der Waals surface area contributed by atoms with Crippen LogP contribution in [0.1, 0.15) is 18.1 Å². The maximum Gasteiger partial charge on any atom is 0.313 e. The zero-order valence-electron chi connectivity index (χ0n) is 13.8. The fourth-order valence-electron chi connectivity index (χ4n) is 2.10. The molecule has 0 saturated heterocycles. The Balaban J connectivity index is 1.95. The third kappa shape index (κ3) is 4.84. The summed E-state index contributed by atoms with van der Waals surface area (Å²) in [6, 6.07) is 9.19. The number of halogens is 2. The molecule has 0 aliphatic carbocycles. The van der Waals surface area contributed by atoms with Gasteiger partial charge in [-0.05, 0) is 49.2 Å². The van der Waals surface area contributed by atoms with Crippen LogP contribution >= 0.6 is 0 Å². The lowest BCUT2D eigenvalue weighted by Crippen LogP contribution is -2.43. The van der Waals surface area contributed by atoms with Crippen LogP contribution < -0.4 is 10.6 Å². The highest BCUT2D eigenvalue weighted by atomic mass is 19.1. The van der Waals surface area contributed by atoms with E-state index in [-0.39, 0.29) is 12.2 Å². The van der Waals surface area contributed by atoms with Crippen molar-refractivity contribution in [2.75, 3.05) is 11.9 Å². The standard InChI is InChI=1S/C18H18F2N2O3/c1-11-3-8-14(9-15(11)20)22-17(24)16(23)21-10-18(2,25)12-4-6-13(19)7-5-12/h3-9,25H,10H2,1-2H3,(H,21,23)(H,22,24). The highest BCUT2D eigenvalue weighted by Gasteiger charge is 2.25. The summed E-state index contributed by atoms with van der Waals surface area (Å²) in [6.07, 6.45) is 0. The van der Waals surface area contributed by atoms with Gasteiger partial charge in [-0.15, -0.1) is 0 Å². The minimum Gasteiger partial charge on any atom is -0.384 e. The molecule has 2 rings (SSSR count). The second-order valence-corrected chi connectivity index (χ2v) is 5.88. The van der Waals surface area contributed by atoms with Crippen molar-refractivity contribution >= 4 is 17.5 Å². The van der Waals surface area contributed by atoms with Gasteiger partial charge in [0.1, 0.15) is 17.2 Å². The van der Waals surface area contributed by atoms with Crippen LogP contribution in [0.3, 0.4) is 0 Å². The predicted octanol–water partition coefficient (Wildman–Crippen LogP) is 2.24. The van der Waals surface area contributed by atoms with E-state index in [4.69, 9.17) is 0 Å². The summed E-state index contributed by atoms with van der Waals surface area (Å²) in [6.45, 7) is 2.74. The molecule has 7 heteroatoms. The quantitative estimate of drug-likeness (QED) is 0.742. The molecule has 25 heavy (non-hydrogen) atoms. The molecule has 0 aliphatic heterocycles. The van der Waals surface area contributed by atoms with Crippen LogP contribution in [-0.2, 0) is 15.2 Å². The van der Waals surface area contributed by atoms with Crippen molar-refractivity contribution in [1.29, 1.82) is 0 Å². The number of anilines is 1. The first-order valence-corrected chi connectivity index (χ1v) is 7.53. The number of carbonyl (C=O) groups is 2. The zero-order chi connectivity index (χ0) is 18.6. The monoisotopic (exact) mass is 348 g/mol. The largest absolute Gasteiger partial charge is 0.384 e. The van der Waals surface area contributed by atoms with Gasteiger partial charge < -0.3 is 15.7 Å². The van der Waals surface area contributed by atoms with Gasteiger partial charge in [-0.3, -0.25) is 9.59 Å². The number of benzene rings is 2. The minimum absolute atomic E-state index is 0.147. The molecule has 2 aromatic rings. The average molecular weight is 348 g/mol. The summed E-state index contributed by atoms with van der Waals surface area (Å²) in [7, 11) is 0. The summed E-state index contributed by atoms with van der Waals surface area (Å²) in [5.41, 5.74) is -0.541. The molecule has 1 unspecified atom stereocenters. The van der Waals surface area contributed by atoms with E-state index >= 15 is 0 Å². The molecule has 1 atom stereocenters. The molecule has 132 valence electrons. The Bertz CT molecular complexity index is 789. The smallest absolute Gasteiger partial charge is 0.313 e. The zero-order valence-corrected chi connectivity index (χ0v) is 13.8. The Kier molecular flexibility index (Phi) is 5.48. The van der Waals surface area contributed by atoms with Crippen LogP contribution in [0, 0.1) is 18.6 Å². The summed E-state index contributed by atoms with van der Waals surface area (Å²) >= 11 is 0. The van der Waals surface area contributed by atoms with E-state index in [0.29, 0.717) is 11.1 Å². The van der Waals surface area contributed by atoms with E-state index in [9.17, 15) is 23.5 Å². The highest BCUT2D eigenvalue weighted by molar-refractivity contribution is 6.39. The maximum atomic E-state index is 13.4. The van der Waals surface area contributed by atoms with Crippen LogP contribution in [0.5, 0.6) is 0 Å². The van der Waals surface area contributed by atoms with Crippen molar-refractivity contribution in [3.05, 3.63) is 65.2 Å². The lowest BCUT2D eigenvalue weighted by molar-refractivity contribution is -0.136. The van der Waals surface area contributed by atoms with Gasteiger partial charge in [0.2, 0.25) is 0 Å². The third-order valence-electron chi connectivity index (χ3n) is 3.70. The second-order valence-electron chi connectivity index (χ2n) is 5.88. The lowest BCUT2D eigenvalue weighted by atomic mass is 9.96. The van der Waals surface area contributed by atoms with Crippen molar-refractivity contribution in [3.8, 4) is 0 Å². The van der Waals surface area contributed by atoms with Crippen LogP contribution in [0.15, 0.2) is 42.5 Å².